The van der Waals surface area contributed by atoms with Gasteiger partial charge in [-0.25, -0.2) is 4.39 Å². The summed E-state index contributed by atoms with van der Waals surface area (Å²) >= 11 is 0. The van der Waals surface area contributed by atoms with Gasteiger partial charge in [0.1, 0.15) is 29.8 Å². The Hall–Kier alpha value is -1.89. The predicted molar refractivity (Wildman–Crippen MR) is 42.7 cm³/mol. The van der Waals surface area contributed by atoms with E-state index in [-0.39, 0.29) is 17.9 Å². The molecule has 13 heavy (non-hydrogen) atoms. The fraction of sp³-hybridized carbons (Fsp3) is 0.111. The molecule has 0 saturated heterocycles. The number of nitrogens with zero attached hydrogens (tertiary/aromatic N) is 1. The normalized spacial score (nSPS) is 8.92. The van der Waals surface area contributed by atoms with Crippen LogP contribution in [0.5, 0.6) is 5.75 Å². The molecule has 0 aliphatic heterocycles. The first-order valence-corrected chi connectivity index (χ1v) is 3.54. The third-order valence-corrected chi connectivity index (χ3v) is 1.39. The van der Waals surface area contributed by atoms with E-state index < -0.39 is 5.82 Å². The van der Waals surface area contributed by atoms with E-state index in [0.717, 1.165) is 6.07 Å². The highest BCUT2D eigenvalue weighted by atomic mass is 19.1. The molecule has 1 rings (SSSR count). The Kier molecular flexibility index (Phi) is 2.98. The van der Waals surface area contributed by atoms with Gasteiger partial charge in [-0.15, -0.1) is 0 Å². The number of ether oxygens (including phenoxy) is 1. The topological polar surface area (TPSA) is 50.1 Å². The molecule has 0 radical (unpaired) electrons. The third kappa shape index (κ3) is 2.03. The van der Waals surface area contributed by atoms with Crippen molar-refractivity contribution in [3.63, 3.8) is 0 Å². The van der Waals surface area contributed by atoms with Gasteiger partial charge in [0.15, 0.2) is 6.29 Å². The summed E-state index contributed by atoms with van der Waals surface area (Å²) in [6.07, 6.45) is 0.534. The van der Waals surface area contributed by atoms with Gasteiger partial charge in [-0.05, 0) is 12.1 Å². The van der Waals surface area contributed by atoms with Crippen molar-refractivity contribution in [1.82, 2.24) is 0 Å². The standard InChI is InChI=1S/C9H6FNO2/c10-8-2-1-3-9(7(8)6-11)13-5-4-12/h1-4H,5H2. The summed E-state index contributed by atoms with van der Waals surface area (Å²) in [6, 6.07) is 5.66. The minimum Gasteiger partial charge on any atom is -0.485 e. The molecular formula is C9H6FNO2. The lowest BCUT2D eigenvalue weighted by Crippen LogP contribution is -2.00. The van der Waals surface area contributed by atoms with Crippen LogP contribution >= 0.6 is 0 Å². The van der Waals surface area contributed by atoms with Crippen molar-refractivity contribution in [3.8, 4) is 11.8 Å². The summed E-state index contributed by atoms with van der Waals surface area (Å²) in [4.78, 5) is 9.96. The lowest BCUT2D eigenvalue weighted by molar-refractivity contribution is -0.109. The van der Waals surface area contributed by atoms with Gasteiger partial charge in [-0.3, -0.25) is 4.79 Å². The fourth-order valence-corrected chi connectivity index (χ4v) is 0.857. The van der Waals surface area contributed by atoms with Crippen molar-refractivity contribution in [3.05, 3.63) is 29.6 Å². The second kappa shape index (κ2) is 4.21. The van der Waals surface area contributed by atoms with Crippen LogP contribution in [0.3, 0.4) is 0 Å². The quantitative estimate of drug-likeness (QED) is 0.656. The van der Waals surface area contributed by atoms with Crippen LogP contribution in [-0.2, 0) is 4.79 Å². The van der Waals surface area contributed by atoms with E-state index >= 15 is 0 Å². The Morgan fingerprint density at radius 1 is 1.62 bits per heavy atom. The summed E-state index contributed by atoms with van der Waals surface area (Å²) in [5.74, 6) is -0.555. The van der Waals surface area contributed by atoms with Crippen molar-refractivity contribution < 1.29 is 13.9 Å². The number of benzene rings is 1. The molecule has 0 bridgehead atoms. The smallest absolute Gasteiger partial charge is 0.157 e. The molecule has 0 unspecified atom stereocenters. The van der Waals surface area contributed by atoms with Crippen LogP contribution in [0.2, 0.25) is 0 Å². The summed E-state index contributed by atoms with van der Waals surface area (Å²) in [7, 11) is 0. The number of nitriles is 1. The van der Waals surface area contributed by atoms with E-state index in [1.807, 2.05) is 0 Å². The molecule has 0 heterocycles. The summed E-state index contributed by atoms with van der Waals surface area (Å²) in [6.45, 7) is -0.182. The molecule has 3 nitrogen and oxygen atoms in total. The molecule has 1 aromatic carbocycles. The molecule has 4 heteroatoms. The zero-order chi connectivity index (χ0) is 9.68. The largest absolute Gasteiger partial charge is 0.485 e. The molecule has 0 fully saturated rings. The van der Waals surface area contributed by atoms with E-state index in [9.17, 15) is 9.18 Å². The summed E-state index contributed by atoms with van der Waals surface area (Å²) in [5, 5.41) is 8.54. The summed E-state index contributed by atoms with van der Waals surface area (Å²) < 4.78 is 17.7. The molecule has 66 valence electrons. The number of carbonyl (C=O) groups is 1. The van der Waals surface area contributed by atoms with Crippen molar-refractivity contribution in [2.24, 2.45) is 0 Å². The average molecular weight is 179 g/mol. The minimum atomic E-state index is -0.647. The third-order valence-electron chi connectivity index (χ3n) is 1.39. The van der Waals surface area contributed by atoms with Crippen LogP contribution in [-0.4, -0.2) is 12.9 Å². The molecule has 0 aliphatic rings. The SMILES string of the molecule is N#Cc1c(F)cccc1OCC=O. The molecular weight excluding hydrogens is 173 g/mol. The maximum Gasteiger partial charge on any atom is 0.157 e. The van der Waals surface area contributed by atoms with E-state index in [0.29, 0.717) is 6.29 Å². The maximum atomic E-state index is 12.9. The van der Waals surface area contributed by atoms with E-state index in [1.165, 1.54) is 12.1 Å². The van der Waals surface area contributed by atoms with Gasteiger partial charge in [0.05, 0.1) is 0 Å². The van der Waals surface area contributed by atoms with E-state index in [4.69, 9.17) is 10.00 Å². The van der Waals surface area contributed by atoms with Crippen LogP contribution in [0.15, 0.2) is 18.2 Å². The molecule has 0 spiro atoms. The Morgan fingerprint density at radius 2 is 2.38 bits per heavy atom. The van der Waals surface area contributed by atoms with Gasteiger partial charge < -0.3 is 4.74 Å². The molecule has 0 saturated carbocycles. The van der Waals surface area contributed by atoms with Crippen LogP contribution in [0.4, 0.5) is 4.39 Å². The van der Waals surface area contributed by atoms with Crippen LogP contribution in [0.25, 0.3) is 0 Å². The molecule has 0 aliphatic carbocycles. The number of carbonyl (C=O) groups excluding carboxylic acids is 1. The van der Waals surface area contributed by atoms with Crippen molar-refractivity contribution >= 4 is 6.29 Å². The second-order valence-electron chi connectivity index (χ2n) is 2.20. The average Bonchev–Trinajstić information content (AvgIpc) is 2.15. The van der Waals surface area contributed by atoms with Crippen molar-refractivity contribution in [2.75, 3.05) is 6.61 Å². The molecule has 0 aromatic heterocycles. The predicted octanol–water partition coefficient (Wildman–Crippen LogP) is 1.28. The van der Waals surface area contributed by atoms with Crippen molar-refractivity contribution in [1.29, 1.82) is 5.26 Å². The first-order chi connectivity index (χ1) is 6.29. The number of aldehydes is 1. The van der Waals surface area contributed by atoms with Gasteiger partial charge in [-0.2, -0.15) is 5.26 Å². The Morgan fingerprint density at radius 3 is 3.00 bits per heavy atom. The van der Waals surface area contributed by atoms with Gasteiger partial charge in [0.25, 0.3) is 0 Å². The first kappa shape index (κ1) is 9.20. The Bertz CT molecular complexity index is 357. The van der Waals surface area contributed by atoms with E-state index in [1.54, 1.807) is 6.07 Å². The minimum absolute atomic E-state index is 0.0922. The highest BCUT2D eigenvalue weighted by Gasteiger charge is 2.07. The highest BCUT2D eigenvalue weighted by Crippen LogP contribution is 2.19. The van der Waals surface area contributed by atoms with Gasteiger partial charge in [0, 0.05) is 0 Å². The Balaban J connectivity index is 3.00. The van der Waals surface area contributed by atoms with E-state index in [2.05, 4.69) is 0 Å². The monoisotopic (exact) mass is 179 g/mol. The highest BCUT2D eigenvalue weighted by molar-refractivity contribution is 5.52. The lowest BCUT2D eigenvalue weighted by atomic mass is 10.2. The zero-order valence-electron chi connectivity index (χ0n) is 6.66. The molecule has 0 atom stereocenters. The lowest BCUT2D eigenvalue weighted by Gasteiger charge is -2.03. The summed E-state index contributed by atoms with van der Waals surface area (Å²) in [5.41, 5.74) is -0.177. The first-order valence-electron chi connectivity index (χ1n) is 3.54. The van der Waals surface area contributed by atoms with Crippen LogP contribution < -0.4 is 4.74 Å². The second-order valence-corrected chi connectivity index (χ2v) is 2.20. The van der Waals surface area contributed by atoms with Gasteiger partial charge in [-0.1, -0.05) is 6.07 Å². The van der Waals surface area contributed by atoms with Gasteiger partial charge >= 0.3 is 0 Å². The zero-order valence-corrected chi connectivity index (χ0v) is 6.66. The van der Waals surface area contributed by atoms with Crippen LogP contribution in [0, 0.1) is 17.1 Å². The Labute approximate surface area is 74.4 Å². The number of halogens is 1. The van der Waals surface area contributed by atoms with Gasteiger partial charge in [0.2, 0.25) is 0 Å². The number of hydrogen-bond donors (Lipinski definition) is 0. The molecule has 0 amide bonds. The number of hydrogen-bond acceptors (Lipinski definition) is 3. The number of rotatable bonds is 3. The van der Waals surface area contributed by atoms with Crippen molar-refractivity contribution in [2.45, 2.75) is 0 Å². The molecule has 0 N–H and O–H groups in total. The van der Waals surface area contributed by atoms with Crippen LogP contribution in [0.1, 0.15) is 5.56 Å². The molecule has 1 aromatic rings. The maximum absolute atomic E-state index is 12.9. The fourth-order valence-electron chi connectivity index (χ4n) is 0.857.